The van der Waals surface area contributed by atoms with Gasteiger partial charge in [0.05, 0.1) is 0 Å². The van der Waals surface area contributed by atoms with E-state index in [2.05, 4.69) is 29.4 Å². The highest BCUT2D eigenvalue weighted by molar-refractivity contribution is 6.02. The van der Waals surface area contributed by atoms with E-state index >= 15 is 0 Å². The highest BCUT2D eigenvalue weighted by Crippen LogP contribution is 2.32. The fourth-order valence-electron chi connectivity index (χ4n) is 3.64. The van der Waals surface area contributed by atoms with Crippen molar-refractivity contribution in [3.8, 4) is 0 Å². The summed E-state index contributed by atoms with van der Waals surface area (Å²) in [7, 11) is 2.08. The molecule has 2 aromatic rings. The van der Waals surface area contributed by atoms with Gasteiger partial charge in [0.15, 0.2) is 0 Å². The Balaban J connectivity index is 1.46. The van der Waals surface area contributed by atoms with Crippen molar-refractivity contribution in [1.82, 2.24) is 10.2 Å². The van der Waals surface area contributed by atoms with Crippen LogP contribution < -0.4 is 10.2 Å². The number of nitrogens with one attached hydrogen (secondary N) is 1. The highest BCUT2D eigenvalue weighted by atomic mass is 16.2. The molecule has 0 aliphatic carbocycles. The van der Waals surface area contributed by atoms with Gasteiger partial charge in [0.1, 0.15) is 6.04 Å². The molecule has 1 heterocycles. The lowest BCUT2D eigenvalue weighted by atomic mass is 10.1. The minimum Gasteiger partial charge on any atom is -0.354 e. The van der Waals surface area contributed by atoms with Crippen LogP contribution in [0.15, 0.2) is 54.6 Å². The first kappa shape index (κ1) is 19.1. The molecule has 0 radical (unpaired) electrons. The van der Waals surface area contributed by atoms with Crippen molar-refractivity contribution >= 4 is 17.5 Å². The second-order valence-electron chi connectivity index (χ2n) is 7.11. The summed E-state index contributed by atoms with van der Waals surface area (Å²) in [6.45, 7) is 3.92. The summed E-state index contributed by atoms with van der Waals surface area (Å²) in [4.78, 5) is 28.6. The first-order valence-electron chi connectivity index (χ1n) is 9.44. The molecule has 1 N–H and O–H groups in total. The van der Waals surface area contributed by atoms with Gasteiger partial charge in [-0.1, -0.05) is 48.5 Å². The standard InChI is InChI=1S/C22H27N3O2/c1-17(26)25-20-12-7-6-11-19(20)15-21(25)22(27)23-13-8-14-24(2)16-18-9-4-3-5-10-18/h3-7,9-12,21H,8,13-16H2,1-2H3,(H,23,27)/t21-/m1/s1. The zero-order valence-electron chi connectivity index (χ0n) is 16.0. The predicted molar refractivity (Wildman–Crippen MR) is 107 cm³/mol. The summed E-state index contributed by atoms with van der Waals surface area (Å²) < 4.78 is 0. The van der Waals surface area contributed by atoms with E-state index < -0.39 is 6.04 Å². The maximum atomic E-state index is 12.6. The van der Waals surface area contributed by atoms with Gasteiger partial charge in [-0.25, -0.2) is 0 Å². The molecule has 2 amide bonds. The molecule has 5 nitrogen and oxygen atoms in total. The SMILES string of the molecule is CC(=O)N1c2ccccc2C[C@@H]1C(=O)NCCCN(C)Cc1ccccc1. The van der Waals surface area contributed by atoms with E-state index in [0.717, 1.165) is 30.8 Å². The summed E-state index contributed by atoms with van der Waals surface area (Å²) in [5, 5.41) is 3.00. The fraction of sp³-hybridized carbons (Fsp3) is 0.364. The third-order valence-corrected chi connectivity index (χ3v) is 4.93. The minimum absolute atomic E-state index is 0.0767. The molecule has 0 fully saturated rings. The first-order valence-corrected chi connectivity index (χ1v) is 9.44. The second kappa shape index (κ2) is 8.82. The van der Waals surface area contributed by atoms with E-state index in [9.17, 15) is 9.59 Å². The van der Waals surface area contributed by atoms with Crippen LogP contribution >= 0.6 is 0 Å². The molecule has 3 rings (SSSR count). The second-order valence-corrected chi connectivity index (χ2v) is 7.11. The van der Waals surface area contributed by atoms with Crippen molar-refractivity contribution in [2.75, 3.05) is 25.0 Å². The Bertz CT molecular complexity index is 791. The summed E-state index contributed by atoms with van der Waals surface area (Å²) in [5.74, 6) is -0.171. The number of anilines is 1. The van der Waals surface area contributed by atoms with Gasteiger partial charge in [-0.3, -0.25) is 14.5 Å². The lowest BCUT2D eigenvalue weighted by molar-refractivity contribution is -0.125. The van der Waals surface area contributed by atoms with Crippen molar-refractivity contribution in [3.05, 3.63) is 65.7 Å². The molecule has 0 spiro atoms. The zero-order chi connectivity index (χ0) is 19.2. The molecule has 1 atom stereocenters. The quantitative estimate of drug-likeness (QED) is 0.768. The van der Waals surface area contributed by atoms with Crippen LogP contribution in [0, 0.1) is 0 Å². The van der Waals surface area contributed by atoms with Crippen LogP contribution in [0.1, 0.15) is 24.5 Å². The number of carbonyl (C=O) groups excluding carboxylic acids is 2. The number of hydrogen-bond donors (Lipinski definition) is 1. The number of nitrogens with zero attached hydrogens (tertiary/aromatic N) is 2. The number of para-hydroxylation sites is 1. The van der Waals surface area contributed by atoms with Crippen LogP contribution in [0.25, 0.3) is 0 Å². The van der Waals surface area contributed by atoms with Crippen LogP contribution in [-0.4, -0.2) is 42.9 Å². The van der Waals surface area contributed by atoms with Crippen LogP contribution in [0.5, 0.6) is 0 Å². The van der Waals surface area contributed by atoms with Gasteiger partial charge in [-0.15, -0.1) is 0 Å². The average Bonchev–Trinajstić information content (AvgIpc) is 3.06. The molecular weight excluding hydrogens is 338 g/mol. The Morgan fingerprint density at radius 3 is 2.56 bits per heavy atom. The average molecular weight is 365 g/mol. The maximum absolute atomic E-state index is 12.6. The predicted octanol–water partition coefficient (Wildman–Crippen LogP) is 2.60. The van der Waals surface area contributed by atoms with Crippen molar-refractivity contribution < 1.29 is 9.59 Å². The largest absolute Gasteiger partial charge is 0.354 e. The minimum atomic E-state index is -0.443. The number of benzene rings is 2. The number of rotatable bonds is 7. The third-order valence-electron chi connectivity index (χ3n) is 4.93. The molecule has 0 saturated carbocycles. The summed E-state index contributed by atoms with van der Waals surface area (Å²) in [5.41, 5.74) is 3.19. The number of fused-ring (bicyclic) bond motifs is 1. The first-order chi connectivity index (χ1) is 13.1. The molecule has 1 aliphatic heterocycles. The van der Waals surface area contributed by atoms with Crippen LogP contribution in [-0.2, 0) is 22.6 Å². The molecule has 0 bridgehead atoms. The van der Waals surface area contributed by atoms with Gasteiger partial charge in [-0.2, -0.15) is 0 Å². The fourth-order valence-corrected chi connectivity index (χ4v) is 3.64. The Morgan fingerprint density at radius 1 is 1.11 bits per heavy atom. The lowest BCUT2D eigenvalue weighted by Crippen LogP contribution is -2.47. The molecule has 1 aliphatic rings. The van der Waals surface area contributed by atoms with Gasteiger partial charge in [0.25, 0.3) is 0 Å². The molecular formula is C22H27N3O2. The molecule has 0 aromatic heterocycles. The van der Waals surface area contributed by atoms with Crippen LogP contribution in [0.3, 0.4) is 0 Å². The van der Waals surface area contributed by atoms with E-state index in [1.54, 1.807) is 4.90 Å². The van der Waals surface area contributed by atoms with E-state index in [1.165, 1.54) is 12.5 Å². The van der Waals surface area contributed by atoms with Crippen molar-refractivity contribution in [1.29, 1.82) is 0 Å². The summed E-state index contributed by atoms with van der Waals surface area (Å²) in [6, 6.07) is 17.6. The monoisotopic (exact) mass is 365 g/mol. The summed E-state index contributed by atoms with van der Waals surface area (Å²) >= 11 is 0. The lowest BCUT2D eigenvalue weighted by Gasteiger charge is -2.23. The Labute approximate surface area is 161 Å². The van der Waals surface area contributed by atoms with Gasteiger partial charge in [0, 0.05) is 32.1 Å². The maximum Gasteiger partial charge on any atom is 0.243 e. The van der Waals surface area contributed by atoms with Gasteiger partial charge in [-0.05, 0) is 37.2 Å². The molecule has 142 valence electrons. The van der Waals surface area contributed by atoms with Gasteiger partial charge >= 0.3 is 0 Å². The van der Waals surface area contributed by atoms with E-state index in [1.807, 2.05) is 42.5 Å². The highest BCUT2D eigenvalue weighted by Gasteiger charge is 2.36. The Kier molecular flexibility index (Phi) is 6.24. The van der Waals surface area contributed by atoms with E-state index in [4.69, 9.17) is 0 Å². The molecule has 0 unspecified atom stereocenters. The van der Waals surface area contributed by atoms with Gasteiger partial charge in [0.2, 0.25) is 11.8 Å². The molecule has 0 saturated heterocycles. The van der Waals surface area contributed by atoms with Crippen LogP contribution in [0.2, 0.25) is 0 Å². The number of amides is 2. The Hall–Kier alpha value is -2.66. The zero-order valence-corrected chi connectivity index (χ0v) is 16.0. The Morgan fingerprint density at radius 2 is 1.81 bits per heavy atom. The molecule has 27 heavy (non-hydrogen) atoms. The van der Waals surface area contributed by atoms with E-state index in [-0.39, 0.29) is 11.8 Å². The topological polar surface area (TPSA) is 52.7 Å². The van der Waals surface area contributed by atoms with Crippen molar-refractivity contribution in [2.24, 2.45) is 0 Å². The van der Waals surface area contributed by atoms with E-state index in [0.29, 0.717) is 13.0 Å². The van der Waals surface area contributed by atoms with Crippen LogP contribution in [0.4, 0.5) is 5.69 Å². The molecule has 2 aromatic carbocycles. The van der Waals surface area contributed by atoms with Gasteiger partial charge < -0.3 is 10.2 Å². The normalized spacial score (nSPS) is 15.7. The summed E-state index contributed by atoms with van der Waals surface area (Å²) in [6.07, 6.45) is 1.45. The third kappa shape index (κ3) is 4.74. The number of hydrogen-bond acceptors (Lipinski definition) is 3. The number of carbonyl (C=O) groups is 2. The smallest absolute Gasteiger partial charge is 0.243 e. The molecule has 5 heteroatoms. The van der Waals surface area contributed by atoms with Crippen molar-refractivity contribution in [2.45, 2.75) is 32.4 Å². The van der Waals surface area contributed by atoms with Crippen molar-refractivity contribution in [3.63, 3.8) is 0 Å².